The van der Waals surface area contributed by atoms with Gasteiger partial charge in [0.25, 0.3) is 0 Å². The smallest absolute Gasteiger partial charge is 0.344 e. The molecule has 2 fully saturated rings. The zero-order valence-corrected chi connectivity index (χ0v) is 8.11. The molecule has 5 heteroatoms. The second kappa shape index (κ2) is 4.25. The van der Waals surface area contributed by atoms with Crippen molar-refractivity contribution in [3.8, 4) is 0 Å². The lowest BCUT2D eigenvalue weighted by molar-refractivity contribution is -0.189. The van der Waals surface area contributed by atoms with Gasteiger partial charge in [-0.05, 0) is 25.8 Å². The Morgan fingerprint density at radius 3 is 2.71 bits per heavy atom. The Bertz CT molecular complexity index is 216. The summed E-state index contributed by atoms with van der Waals surface area (Å²) in [6.45, 7) is 2.31. The third-order valence-corrected chi connectivity index (χ3v) is 2.73. The molecule has 0 aliphatic carbocycles. The van der Waals surface area contributed by atoms with E-state index in [4.69, 9.17) is 4.84 Å². The molecule has 2 N–H and O–H groups in total. The van der Waals surface area contributed by atoms with E-state index >= 15 is 0 Å². The average Bonchev–Trinajstić information content (AvgIpc) is 2.75. The minimum Gasteiger partial charge on any atom is -0.391 e. The molecule has 0 amide bonds. The third-order valence-electron chi connectivity index (χ3n) is 2.73. The Morgan fingerprint density at radius 2 is 2.14 bits per heavy atom. The fourth-order valence-electron chi connectivity index (χ4n) is 1.89. The van der Waals surface area contributed by atoms with Crippen molar-refractivity contribution in [3.63, 3.8) is 0 Å². The minimum absolute atomic E-state index is 0.350. The van der Waals surface area contributed by atoms with Crippen LogP contribution in [-0.4, -0.2) is 47.9 Å². The molecule has 0 aromatic heterocycles. The summed E-state index contributed by atoms with van der Waals surface area (Å²) in [4.78, 5) is 16.7. The van der Waals surface area contributed by atoms with Crippen molar-refractivity contribution in [2.24, 2.45) is 0 Å². The van der Waals surface area contributed by atoms with Crippen LogP contribution in [0.1, 0.15) is 19.3 Å². The molecule has 2 atom stereocenters. The summed E-state index contributed by atoms with van der Waals surface area (Å²) in [7, 11) is 0. The Labute approximate surface area is 83.0 Å². The van der Waals surface area contributed by atoms with Crippen molar-refractivity contribution in [2.75, 3.05) is 19.6 Å². The normalized spacial score (nSPS) is 33.5. The number of hydroxylamine groups is 2. The molecule has 2 aliphatic rings. The maximum absolute atomic E-state index is 11.5. The number of hydrogen-bond donors (Lipinski definition) is 2. The van der Waals surface area contributed by atoms with E-state index in [0.717, 1.165) is 25.9 Å². The van der Waals surface area contributed by atoms with Crippen molar-refractivity contribution in [1.82, 2.24) is 10.4 Å². The van der Waals surface area contributed by atoms with Gasteiger partial charge in [0.15, 0.2) is 0 Å². The lowest BCUT2D eigenvalue weighted by Gasteiger charge is -2.18. The summed E-state index contributed by atoms with van der Waals surface area (Å²) >= 11 is 0. The highest BCUT2D eigenvalue weighted by molar-refractivity contribution is 5.76. The Balaban J connectivity index is 1.82. The molecule has 0 aromatic carbocycles. The van der Waals surface area contributed by atoms with Crippen LogP contribution in [0.15, 0.2) is 0 Å². The summed E-state index contributed by atoms with van der Waals surface area (Å²) in [5.41, 5.74) is 0. The minimum atomic E-state index is -0.592. The molecular weight excluding hydrogens is 184 g/mol. The zero-order chi connectivity index (χ0) is 9.97. The van der Waals surface area contributed by atoms with Crippen LogP contribution in [0, 0.1) is 0 Å². The van der Waals surface area contributed by atoms with Crippen LogP contribution in [0.4, 0.5) is 0 Å². The summed E-state index contributed by atoms with van der Waals surface area (Å²) in [6, 6.07) is -0.532. The van der Waals surface area contributed by atoms with Crippen LogP contribution in [-0.2, 0) is 9.63 Å². The van der Waals surface area contributed by atoms with E-state index in [1.54, 1.807) is 5.06 Å². The zero-order valence-electron chi connectivity index (χ0n) is 8.11. The molecule has 2 aliphatic heterocycles. The molecule has 14 heavy (non-hydrogen) atoms. The fourth-order valence-corrected chi connectivity index (χ4v) is 1.89. The molecule has 2 heterocycles. The quantitative estimate of drug-likeness (QED) is 0.615. The van der Waals surface area contributed by atoms with Gasteiger partial charge in [0, 0.05) is 13.1 Å². The predicted molar refractivity (Wildman–Crippen MR) is 49.3 cm³/mol. The molecule has 2 saturated heterocycles. The molecule has 0 aromatic rings. The molecule has 0 radical (unpaired) electrons. The number of aliphatic hydroxyl groups excluding tert-OH is 1. The van der Waals surface area contributed by atoms with Crippen molar-refractivity contribution in [1.29, 1.82) is 0 Å². The molecule has 2 rings (SSSR count). The highest BCUT2D eigenvalue weighted by atomic mass is 16.7. The van der Waals surface area contributed by atoms with Gasteiger partial charge in [-0.25, -0.2) is 4.79 Å². The number of rotatable bonds is 2. The van der Waals surface area contributed by atoms with E-state index in [1.165, 1.54) is 0 Å². The first-order valence-corrected chi connectivity index (χ1v) is 5.15. The van der Waals surface area contributed by atoms with E-state index in [0.29, 0.717) is 13.0 Å². The van der Waals surface area contributed by atoms with E-state index in [-0.39, 0.29) is 5.97 Å². The number of hydrogen-bond acceptors (Lipinski definition) is 5. The third kappa shape index (κ3) is 2.05. The van der Waals surface area contributed by atoms with Gasteiger partial charge in [0.05, 0.1) is 6.10 Å². The first kappa shape index (κ1) is 9.89. The van der Waals surface area contributed by atoms with Crippen molar-refractivity contribution >= 4 is 5.97 Å². The van der Waals surface area contributed by atoms with Crippen LogP contribution in [0.25, 0.3) is 0 Å². The van der Waals surface area contributed by atoms with Crippen LogP contribution >= 0.6 is 0 Å². The number of nitrogens with one attached hydrogen (secondary N) is 1. The van der Waals surface area contributed by atoms with E-state index in [9.17, 15) is 9.90 Å². The maximum atomic E-state index is 11.5. The van der Waals surface area contributed by atoms with Crippen molar-refractivity contribution < 1.29 is 14.7 Å². The number of carbonyl (C=O) groups is 1. The molecule has 0 saturated carbocycles. The molecule has 80 valence electrons. The summed E-state index contributed by atoms with van der Waals surface area (Å²) in [6.07, 6.45) is 2.19. The largest absolute Gasteiger partial charge is 0.391 e. The van der Waals surface area contributed by atoms with E-state index in [1.807, 2.05) is 0 Å². The fraction of sp³-hybridized carbons (Fsp3) is 0.889. The van der Waals surface area contributed by atoms with Gasteiger partial charge in [0.1, 0.15) is 6.04 Å². The Kier molecular flexibility index (Phi) is 3.00. The Morgan fingerprint density at radius 1 is 1.43 bits per heavy atom. The van der Waals surface area contributed by atoms with Gasteiger partial charge >= 0.3 is 5.97 Å². The number of nitrogens with zero attached hydrogens (tertiary/aromatic N) is 1. The van der Waals surface area contributed by atoms with E-state index in [2.05, 4.69) is 5.32 Å². The second-order valence-electron chi connectivity index (χ2n) is 3.83. The van der Waals surface area contributed by atoms with Crippen molar-refractivity contribution in [2.45, 2.75) is 31.4 Å². The first-order chi connectivity index (χ1) is 6.77. The van der Waals surface area contributed by atoms with Crippen LogP contribution in [0.3, 0.4) is 0 Å². The van der Waals surface area contributed by atoms with Gasteiger partial charge in [-0.15, -0.1) is 5.06 Å². The number of carbonyl (C=O) groups excluding carboxylic acids is 1. The van der Waals surface area contributed by atoms with E-state index < -0.39 is 12.1 Å². The predicted octanol–water partition coefficient (Wildman–Crippen LogP) is -0.737. The topological polar surface area (TPSA) is 61.8 Å². The Hall–Kier alpha value is -0.650. The first-order valence-electron chi connectivity index (χ1n) is 5.15. The van der Waals surface area contributed by atoms with Crippen LogP contribution < -0.4 is 5.32 Å². The second-order valence-corrected chi connectivity index (χ2v) is 3.83. The highest BCUT2D eigenvalue weighted by Gasteiger charge is 2.34. The van der Waals surface area contributed by atoms with Crippen LogP contribution in [0.5, 0.6) is 0 Å². The SMILES string of the molecule is O=C(ON1CCCC1)[C@H]1NCCC1O. The lowest BCUT2D eigenvalue weighted by atomic mass is 10.2. The van der Waals surface area contributed by atoms with Crippen molar-refractivity contribution in [3.05, 3.63) is 0 Å². The molecule has 1 unspecified atom stereocenters. The van der Waals surface area contributed by atoms with Gasteiger partial charge in [-0.2, -0.15) is 0 Å². The van der Waals surface area contributed by atoms with Crippen LogP contribution in [0.2, 0.25) is 0 Å². The summed E-state index contributed by atoms with van der Waals surface area (Å²) in [5.74, 6) is -0.350. The highest BCUT2D eigenvalue weighted by Crippen LogP contribution is 2.12. The molecule has 5 nitrogen and oxygen atoms in total. The monoisotopic (exact) mass is 200 g/mol. The average molecular weight is 200 g/mol. The molecular formula is C9H16N2O3. The molecule has 0 spiro atoms. The summed E-state index contributed by atoms with van der Waals surface area (Å²) in [5, 5.41) is 14.1. The summed E-state index contributed by atoms with van der Waals surface area (Å²) < 4.78 is 0. The molecule has 0 bridgehead atoms. The van der Waals surface area contributed by atoms with Gasteiger partial charge in [-0.3, -0.25) is 0 Å². The number of aliphatic hydroxyl groups is 1. The van der Waals surface area contributed by atoms with Gasteiger partial charge < -0.3 is 15.3 Å². The maximum Gasteiger partial charge on any atom is 0.344 e. The lowest BCUT2D eigenvalue weighted by Crippen LogP contribution is -2.42. The standard InChI is InChI=1S/C9H16N2O3/c12-7-3-4-10-8(7)9(13)14-11-5-1-2-6-11/h7-8,10,12H,1-6H2/t7?,8-/m0/s1. The van der Waals surface area contributed by atoms with Gasteiger partial charge in [0.2, 0.25) is 0 Å². The van der Waals surface area contributed by atoms with Gasteiger partial charge in [-0.1, -0.05) is 0 Å².